The van der Waals surface area contributed by atoms with E-state index < -0.39 is 23.5 Å². The van der Waals surface area contributed by atoms with Crippen molar-refractivity contribution in [3.8, 4) is 11.5 Å². The molecule has 1 N–H and O–H groups in total. The standard InChI is InChI=1S/C27H21ClN2O6/c1-34-18-7-5-6-15(10-18)14-30-23(19-8-3-4-9-29-19)22(25(32)27(30)33)24(31)20-12-16-11-17(28)13-21(35-2)26(16)36-20/h3-13,23,32H,14H2,1-2H3. The van der Waals surface area contributed by atoms with E-state index in [0.29, 0.717) is 33.2 Å². The van der Waals surface area contributed by atoms with Gasteiger partial charge in [0.2, 0.25) is 5.78 Å². The number of furan rings is 1. The average molecular weight is 505 g/mol. The monoisotopic (exact) mass is 504 g/mol. The second kappa shape index (κ2) is 9.39. The molecule has 0 fully saturated rings. The van der Waals surface area contributed by atoms with Crippen LogP contribution < -0.4 is 9.47 Å². The van der Waals surface area contributed by atoms with Crippen molar-refractivity contribution in [3.63, 3.8) is 0 Å². The molecule has 1 aliphatic rings. The molecule has 8 nitrogen and oxygen atoms in total. The van der Waals surface area contributed by atoms with E-state index >= 15 is 0 Å². The number of fused-ring (bicyclic) bond motifs is 1. The molecule has 1 aliphatic heterocycles. The van der Waals surface area contributed by atoms with Crippen LogP contribution in [0, 0.1) is 0 Å². The third kappa shape index (κ3) is 4.05. The fourth-order valence-electron chi connectivity index (χ4n) is 4.34. The molecular weight excluding hydrogens is 484 g/mol. The number of Topliss-reactive ketones (excluding diaryl/α,β-unsaturated/α-hetero) is 1. The van der Waals surface area contributed by atoms with Crippen LogP contribution in [0.2, 0.25) is 5.02 Å². The summed E-state index contributed by atoms with van der Waals surface area (Å²) in [6.07, 6.45) is 1.56. The first-order chi connectivity index (χ1) is 17.4. The minimum atomic E-state index is -0.934. The Hall–Kier alpha value is -4.30. The molecule has 1 amide bonds. The number of ether oxygens (including phenoxy) is 2. The number of benzene rings is 2. The molecule has 0 radical (unpaired) electrons. The molecule has 1 unspecified atom stereocenters. The summed E-state index contributed by atoms with van der Waals surface area (Å²) in [6.45, 7) is 0.113. The molecular formula is C27H21ClN2O6. The van der Waals surface area contributed by atoms with Crippen LogP contribution in [0.15, 0.2) is 82.6 Å². The second-order valence-electron chi connectivity index (χ2n) is 8.17. The Morgan fingerprint density at radius 1 is 1.11 bits per heavy atom. The Morgan fingerprint density at radius 2 is 1.94 bits per heavy atom. The van der Waals surface area contributed by atoms with Gasteiger partial charge < -0.3 is 23.9 Å². The molecule has 0 spiro atoms. The van der Waals surface area contributed by atoms with E-state index in [9.17, 15) is 14.7 Å². The smallest absolute Gasteiger partial charge is 0.290 e. The summed E-state index contributed by atoms with van der Waals surface area (Å²) in [5.41, 5.74) is 1.40. The largest absolute Gasteiger partial charge is 0.503 e. The van der Waals surface area contributed by atoms with Gasteiger partial charge >= 0.3 is 0 Å². The summed E-state index contributed by atoms with van der Waals surface area (Å²) in [5.74, 6) is -1.06. The highest BCUT2D eigenvalue weighted by Crippen LogP contribution is 2.41. The van der Waals surface area contributed by atoms with E-state index in [2.05, 4.69) is 4.98 Å². The van der Waals surface area contributed by atoms with E-state index in [1.54, 1.807) is 61.8 Å². The minimum absolute atomic E-state index is 0.0657. The highest BCUT2D eigenvalue weighted by atomic mass is 35.5. The Labute approximate surface area is 211 Å². The second-order valence-corrected chi connectivity index (χ2v) is 8.61. The summed E-state index contributed by atoms with van der Waals surface area (Å²) >= 11 is 6.16. The minimum Gasteiger partial charge on any atom is -0.503 e. The number of pyridine rings is 1. The van der Waals surface area contributed by atoms with Crippen molar-refractivity contribution in [1.82, 2.24) is 9.88 Å². The zero-order valence-corrected chi connectivity index (χ0v) is 20.2. The van der Waals surface area contributed by atoms with Crippen LogP contribution >= 0.6 is 11.6 Å². The topological polar surface area (TPSA) is 102 Å². The third-order valence-corrected chi connectivity index (χ3v) is 6.21. The number of hydrogen-bond donors (Lipinski definition) is 1. The molecule has 3 heterocycles. The van der Waals surface area contributed by atoms with Gasteiger partial charge in [-0.15, -0.1) is 0 Å². The van der Waals surface area contributed by atoms with Crippen LogP contribution in [0.3, 0.4) is 0 Å². The molecule has 36 heavy (non-hydrogen) atoms. The van der Waals surface area contributed by atoms with Crippen LogP contribution in [0.5, 0.6) is 11.5 Å². The van der Waals surface area contributed by atoms with Gasteiger partial charge in [-0.05, 0) is 42.0 Å². The Balaban J connectivity index is 1.59. The number of aliphatic hydroxyl groups is 1. The van der Waals surface area contributed by atoms with Gasteiger partial charge in [-0.25, -0.2) is 0 Å². The summed E-state index contributed by atoms with van der Waals surface area (Å²) in [7, 11) is 3.02. The van der Waals surface area contributed by atoms with Crippen molar-refractivity contribution >= 4 is 34.3 Å². The van der Waals surface area contributed by atoms with Crippen LogP contribution in [0.1, 0.15) is 27.9 Å². The number of halogens is 1. The fraction of sp³-hybridized carbons (Fsp3) is 0.148. The number of nitrogens with zero attached hydrogens (tertiary/aromatic N) is 2. The van der Waals surface area contributed by atoms with Gasteiger partial charge in [-0.3, -0.25) is 14.6 Å². The van der Waals surface area contributed by atoms with Crippen molar-refractivity contribution in [3.05, 3.63) is 100 Å². The van der Waals surface area contributed by atoms with Crippen LogP contribution in [-0.4, -0.2) is 40.9 Å². The van der Waals surface area contributed by atoms with Crippen molar-refractivity contribution in [2.45, 2.75) is 12.6 Å². The number of ketones is 1. The Morgan fingerprint density at radius 3 is 2.67 bits per heavy atom. The fourth-order valence-corrected chi connectivity index (χ4v) is 4.56. The first-order valence-electron chi connectivity index (χ1n) is 11.0. The zero-order valence-electron chi connectivity index (χ0n) is 19.4. The number of carbonyl (C=O) groups excluding carboxylic acids is 2. The quantitative estimate of drug-likeness (QED) is 0.342. The summed E-state index contributed by atoms with van der Waals surface area (Å²) < 4.78 is 16.4. The molecule has 182 valence electrons. The predicted molar refractivity (Wildman–Crippen MR) is 132 cm³/mol. The summed E-state index contributed by atoms with van der Waals surface area (Å²) in [5, 5.41) is 11.9. The highest BCUT2D eigenvalue weighted by molar-refractivity contribution is 6.31. The molecule has 2 aromatic heterocycles. The predicted octanol–water partition coefficient (Wildman–Crippen LogP) is 5.28. The molecule has 0 bridgehead atoms. The number of carbonyl (C=O) groups is 2. The number of methoxy groups -OCH3 is 2. The number of amides is 1. The van der Waals surface area contributed by atoms with Crippen molar-refractivity contribution in [1.29, 1.82) is 0 Å². The molecule has 2 aromatic carbocycles. The number of aliphatic hydroxyl groups excluding tert-OH is 1. The lowest BCUT2D eigenvalue weighted by Crippen LogP contribution is -2.31. The summed E-state index contributed by atoms with van der Waals surface area (Å²) in [6, 6.07) is 16.2. The lowest BCUT2D eigenvalue weighted by molar-refractivity contribution is -0.130. The van der Waals surface area contributed by atoms with Crippen molar-refractivity contribution < 1.29 is 28.6 Å². The average Bonchev–Trinajstić information content (AvgIpc) is 3.43. The Bertz CT molecular complexity index is 1510. The van der Waals surface area contributed by atoms with Gasteiger partial charge in [0.15, 0.2) is 22.9 Å². The lowest BCUT2D eigenvalue weighted by Gasteiger charge is -2.26. The maximum atomic E-state index is 13.7. The molecule has 0 saturated heterocycles. The first kappa shape index (κ1) is 23.4. The van der Waals surface area contributed by atoms with Crippen molar-refractivity contribution in [2.75, 3.05) is 14.2 Å². The summed E-state index contributed by atoms with van der Waals surface area (Å²) in [4.78, 5) is 32.8. The number of rotatable bonds is 7. The normalized spacial score (nSPS) is 15.6. The van der Waals surface area contributed by atoms with Crippen molar-refractivity contribution in [2.24, 2.45) is 0 Å². The van der Waals surface area contributed by atoms with E-state index in [1.807, 2.05) is 6.07 Å². The van der Waals surface area contributed by atoms with Gasteiger partial charge in [-0.1, -0.05) is 29.8 Å². The maximum absolute atomic E-state index is 13.7. The molecule has 4 aromatic rings. The molecule has 1 atom stereocenters. The van der Waals surface area contributed by atoms with E-state index in [1.165, 1.54) is 18.1 Å². The maximum Gasteiger partial charge on any atom is 0.290 e. The number of aromatic nitrogens is 1. The third-order valence-electron chi connectivity index (χ3n) is 5.99. The van der Waals surface area contributed by atoms with Gasteiger partial charge in [0.05, 0.1) is 25.5 Å². The number of hydrogen-bond acceptors (Lipinski definition) is 7. The van der Waals surface area contributed by atoms with Crippen LogP contribution in [-0.2, 0) is 11.3 Å². The molecule has 0 saturated carbocycles. The van der Waals surface area contributed by atoms with E-state index in [-0.39, 0.29) is 17.9 Å². The highest BCUT2D eigenvalue weighted by Gasteiger charge is 2.45. The zero-order chi connectivity index (χ0) is 25.4. The van der Waals surface area contributed by atoms with Gasteiger partial charge in [0, 0.05) is 29.2 Å². The molecule has 9 heteroatoms. The van der Waals surface area contributed by atoms with E-state index in [4.69, 9.17) is 25.5 Å². The SMILES string of the molecule is COc1cccc(CN2C(=O)C(O)=C(C(=O)c3cc4cc(Cl)cc(OC)c4o3)C2c2ccccn2)c1. The van der Waals surface area contributed by atoms with Gasteiger partial charge in [-0.2, -0.15) is 0 Å². The first-order valence-corrected chi connectivity index (χ1v) is 11.4. The van der Waals surface area contributed by atoms with Gasteiger partial charge in [0.1, 0.15) is 11.8 Å². The van der Waals surface area contributed by atoms with E-state index in [0.717, 1.165) is 5.56 Å². The van der Waals surface area contributed by atoms with Crippen LogP contribution in [0.4, 0.5) is 0 Å². The van der Waals surface area contributed by atoms with Gasteiger partial charge in [0.25, 0.3) is 5.91 Å². The Kier molecular flexibility index (Phi) is 6.12. The van der Waals surface area contributed by atoms with Crippen LogP contribution in [0.25, 0.3) is 11.0 Å². The molecule has 5 rings (SSSR count). The lowest BCUT2D eigenvalue weighted by atomic mass is 9.98. The molecule has 0 aliphatic carbocycles.